The molecule has 0 aliphatic rings. The number of carbonyl (C=O) groups is 2. The Morgan fingerprint density at radius 2 is 1.73 bits per heavy atom. The van der Waals surface area contributed by atoms with Crippen LogP contribution in [0.1, 0.15) is 22.3 Å². The first-order valence-electron chi connectivity index (χ1n) is 7.79. The Labute approximate surface area is 159 Å². The van der Waals surface area contributed by atoms with Crippen LogP contribution in [-0.2, 0) is 10.5 Å². The number of thioether (sulfide) groups is 1. The highest BCUT2D eigenvalue weighted by molar-refractivity contribution is 7.98. The van der Waals surface area contributed by atoms with Crippen molar-refractivity contribution in [1.82, 2.24) is 10.2 Å². The average Bonchev–Trinajstić information content (AvgIpc) is 3.08. The Hall–Kier alpha value is -2.71. The number of hydrogen-bond donors (Lipinski definition) is 2. The van der Waals surface area contributed by atoms with Crippen LogP contribution in [0.2, 0.25) is 0 Å². The molecule has 0 spiro atoms. The van der Waals surface area contributed by atoms with E-state index in [1.807, 2.05) is 30.3 Å². The number of nitrogens with zero attached hydrogens (tertiary/aromatic N) is 2. The predicted molar refractivity (Wildman–Crippen MR) is 105 cm³/mol. The molecular formula is C18H16N4O2S2. The van der Waals surface area contributed by atoms with Crippen molar-refractivity contribution in [1.29, 1.82) is 0 Å². The molecule has 26 heavy (non-hydrogen) atoms. The van der Waals surface area contributed by atoms with Crippen LogP contribution in [0.5, 0.6) is 0 Å². The maximum atomic E-state index is 12.3. The van der Waals surface area contributed by atoms with E-state index >= 15 is 0 Å². The molecule has 0 fully saturated rings. The van der Waals surface area contributed by atoms with Crippen LogP contribution in [0.25, 0.3) is 0 Å². The minimum Gasteiger partial charge on any atom is -0.326 e. The highest BCUT2D eigenvalue weighted by Gasteiger charge is 2.11. The van der Waals surface area contributed by atoms with Crippen LogP contribution in [0, 0.1) is 0 Å². The molecule has 0 aliphatic carbocycles. The molecule has 2 amide bonds. The third kappa shape index (κ3) is 5.14. The normalized spacial score (nSPS) is 10.3. The van der Waals surface area contributed by atoms with Crippen LogP contribution in [-0.4, -0.2) is 22.0 Å². The van der Waals surface area contributed by atoms with Gasteiger partial charge in [-0.15, -0.1) is 22.0 Å². The summed E-state index contributed by atoms with van der Waals surface area (Å²) in [4.78, 5) is 24.4. The lowest BCUT2D eigenvalue weighted by Crippen LogP contribution is -2.12. The van der Waals surface area contributed by atoms with Crippen molar-refractivity contribution in [2.75, 3.05) is 10.6 Å². The zero-order chi connectivity index (χ0) is 18.4. The van der Waals surface area contributed by atoms with E-state index in [4.69, 9.17) is 0 Å². The minimum absolute atomic E-state index is 0.156. The Kier molecular flexibility index (Phi) is 5.98. The summed E-state index contributed by atoms with van der Waals surface area (Å²) >= 11 is 3.02. The number of benzene rings is 2. The van der Waals surface area contributed by atoms with Gasteiger partial charge >= 0.3 is 0 Å². The SMILES string of the molecule is CC(=O)Nc1ccc(C(=O)Nc2nnc(CSc3ccccc3)s2)cc1. The summed E-state index contributed by atoms with van der Waals surface area (Å²) in [6.45, 7) is 1.43. The maximum absolute atomic E-state index is 12.3. The summed E-state index contributed by atoms with van der Waals surface area (Å²) in [6.07, 6.45) is 0. The third-order valence-electron chi connectivity index (χ3n) is 3.26. The number of nitrogens with one attached hydrogen (secondary N) is 2. The first-order valence-corrected chi connectivity index (χ1v) is 9.59. The molecular weight excluding hydrogens is 368 g/mol. The Morgan fingerprint density at radius 3 is 2.42 bits per heavy atom. The molecule has 132 valence electrons. The van der Waals surface area contributed by atoms with Crippen molar-refractivity contribution >= 4 is 45.7 Å². The molecule has 2 aromatic carbocycles. The molecule has 0 aliphatic heterocycles. The number of carbonyl (C=O) groups excluding carboxylic acids is 2. The molecule has 0 radical (unpaired) electrons. The van der Waals surface area contributed by atoms with Crippen LogP contribution in [0.15, 0.2) is 59.5 Å². The van der Waals surface area contributed by atoms with Crippen LogP contribution < -0.4 is 10.6 Å². The largest absolute Gasteiger partial charge is 0.326 e. The summed E-state index contributed by atoms with van der Waals surface area (Å²) in [5, 5.41) is 14.8. The highest BCUT2D eigenvalue weighted by Crippen LogP contribution is 2.25. The van der Waals surface area contributed by atoms with E-state index in [2.05, 4.69) is 20.8 Å². The molecule has 3 rings (SSSR count). The first-order chi connectivity index (χ1) is 12.6. The lowest BCUT2D eigenvalue weighted by atomic mass is 10.2. The summed E-state index contributed by atoms with van der Waals surface area (Å²) in [5.41, 5.74) is 1.12. The standard InChI is InChI=1S/C18H16N4O2S2/c1-12(23)19-14-9-7-13(8-10-14)17(24)20-18-22-21-16(26-18)11-25-15-5-3-2-4-6-15/h2-10H,11H2,1H3,(H,19,23)(H,20,22,24). The van der Waals surface area contributed by atoms with Gasteiger partial charge in [-0.1, -0.05) is 29.5 Å². The second-order valence-electron chi connectivity index (χ2n) is 5.32. The summed E-state index contributed by atoms with van der Waals surface area (Å²) in [5.74, 6) is 0.276. The molecule has 0 saturated heterocycles. The summed E-state index contributed by atoms with van der Waals surface area (Å²) < 4.78 is 0. The number of anilines is 2. The fourth-order valence-electron chi connectivity index (χ4n) is 2.10. The molecule has 1 aromatic heterocycles. The highest BCUT2D eigenvalue weighted by atomic mass is 32.2. The van der Waals surface area contributed by atoms with Gasteiger partial charge in [0.25, 0.3) is 5.91 Å². The van der Waals surface area contributed by atoms with E-state index in [-0.39, 0.29) is 11.8 Å². The van der Waals surface area contributed by atoms with Crippen molar-refractivity contribution < 1.29 is 9.59 Å². The monoisotopic (exact) mass is 384 g/mol. The number of aromatic nitrogens is 2. The fraction of sp³-hybridized carbons (Fsp3) is 0.111. The second kappa shape index (κ2) is 8.59. The fourth-order valence-corrected chi connectivity index (χ4v) is 3.74. The van der Waals surface area contributed by atoms with Gasteiger partial charge in [-0.25, -0.2) is 0 Å². The molecule has 0 saturated carbocycles. The average molecular weight is 384 g/mol. The lowest BCUT2D eigenvalue weighted by Gasteiger charge is -2.04. The second-order valence-corrected chi connectivity index (χ2v) is 7.43. The van der Waals surface area contributed by atoms with Gasteiger partial charge in [-0.05, 0) is 36.4 Å². The lowest BCUT2D eigenvalue weighted by molar-refractivity contribution is -0.114. The van der Waals surface area contributed by atoms with Gasteiger partial charge < -0.3 is 5.32 Å². The Balaban J connectivity index is 1.56. The number of amides is 2. The van der Waals surface area contributed by atoms with E-state index in [0.717, 1.165) is 9.90 Å². The molecule has 1 heterocycles. The summed E-state index contributed by atoms with van der Waals surface area (Å²) in [6, 6.07) is 16.7. The van der Waals surface area contributed by atoms with Crippen molar-refractivity contribution in [3.8, 4) is 0 Å². The maximum Gasteiger partial charge on any atom is 0.257 e. The van der Waals surface area contributed by atoms with Gasteiger partial charge in [-0.3, -0.25) is 14.9 Å². The van der Waals surface area contributed by atoms with E-state index < -0.39 is 0 Å². The van der Waals surface area contributed by atoms with Crippen molar-refractivity contribution in [3.05, 3.63) is 65.2 Å². The van der Waals surface area contributed by atoms with Gasteiger partial charge in [0.2, 0.25) is 11.0 Å². The molecule has 3 aromatic rings. The topological polar surface area (TPSA) is 84.0 Å². The van der Waals surface area contributed by atoms with Gasteiger partial charge in [0.15, 0.2) is 0 Å². The van der Waals surface area contributed by atoms with Gasteiger partial charge in [0, 0.05) is 23.1 Å². The van der Waals surface area contributed by atoms with E-state index in [9.17, 15) is 9.59 Å². The zero-order valence-corrected chi connectivity index (χ0v) is 15.6. The van der Waals surface area contributed by atoms with E-state index in [0.29, 0.717) is 22.1 Å². The first kappa shape index (κ1) is 18.1. The number of hydrogen-bond acceptors (Lipinski definition) is 6. The van der Waals surface area contributed by atoms with Crippen LogP contribution >= 0.6 is 23.1 Å². The molecule has 0 bridgehead atoms. The smallest absolute Gasteiger partial charge is 0.257 e. The Bertz CT molecular complexity index is 895. The van der Waals surface area contributed by atoms with Gasteiger partial charge in [0.1, 0.15) is 5.01 Å². The summed E-state index contributed by atoms with van der Waals surface area (Å²) in [7, 11) is 0. The molecule has 6 nitrogen and oxygen atoms in total. The Morgan fingerprint density at radius 1 is 1.00 bits per heavy atom. The van der Waals surface area contributed by atoms with Crippen LogP contribution in [0.3, 0.4) is 0 Å². The molecule has 8 heteroatoms. The van der Waals surface area contributed by atoms with Crippen LogP contribution in [0.4, 0.5) is 10.8 Å². The van der Waals surface area contributed by atoms with Crippen molar-refractivity contribution in [2.24, 2.45) is 0 Å². The zero-order valence-electron chi connectivity index (χ0n) is 13.9. The predicted octanol–water partition coefficient (Wildman–Crippen LogP) is 4.04. The van der Waals surface area contributed by atoms with Crippen molar-refractivity contribution in [2.45, 2.75) is 17.6 Å². The number of rotatable bonds is 6. The molecule has 2 N–H and O–H groups in total. The quantitative estimate of drug-likeness (QED) is 0.627. The van der Waals surface area contributed by atoms with Gasteiger partial charge in [-0.2, -0.15) is 0 Å². The third-order valence-corrected chi connectivity index (χ3v) is 5.30. The van der Waals surface area contributed by atoms with E-state index in [1.165, 1.54) is 18.3 Å². The minimum atomic E-state index is -0.266. The van der Waals surface area contributed by atoms with E-state index in [1.54, 1.807) is 36.0 Å². The van der Waals surface area contributed by atoms with Gasteiger partial charge in [0.05, 0.1) is 5.75 Å². The van der Waals surface area contributed by atoms with Crippen molar-refractivity contribution in [3.63, 3.8) is 0 Å². The molecule has 0 atom stereocenters. The molecule has 0 unspecified atom stereocenters.